The Balaban J connectivity index is 0.00000280. The fourth-order valence-electron chi connectivity index (χ4n) is 3.48. The molecule has 0 saturated carbocycles. The van der Waals surface area contributed by atoms with E-state index >= 15 is 0 Å². The van der Waals surface area contributed by atoms with Gasteiger partial charge in [-0.15, -0.1) is 24.0 Å². The molecule has 2 heterocycles. The first-order valence-corrected chi connectivity index (χ1v) is 9.60. The summed E-state index contributed by atoms with van der Waals surface area (Å²) >= 11 is 0. The number of likely N-dealkylation sites (N-methyl/N-ethyl adjacent to an activating group) is 1. The van der Waals surface area contributed by atoms with Gasteiger partial charge < -0.3 is 24.8 Å². The van der Waals surface area contributed by atoms with Crippen molar-refractivity contribution in [3.8, 4) is 0 Å². The summed E-state index contributed by atoms with van der Waals surface area (Å²) in [6.45, 7) is 8.66. The molecule has 0 radical (unpaired) electrons. The van der Waals surface area contributed by atoms with Crippen molar-refractivity contribution in [1.82, 2.24) is 15.1 Å². The molecule has 0 aliphatic carbocycles. The van der Waals surface area contributed by atoms with Crippen LogP contribution in [0.5, 0.6) is 0 Å². The number of halogens is 3. The van der Waals surface area contributed by atoms with E-state index in [0.29, 0.717) is 38.4 Å². The van der Waals surface area contributed by atoms with Crippen molar-refractivity contribution in [2.45, 2.75) is 13.0 Å². The molecule has 1 unspecified atom stereocenters. The Bertz CT molecular complexity index is 655. The zero-order valence-corrected chi connectivity index (χ0v) is 18.9. The Kier molecular flexibility index (Phi) is 9.16. The largest absolute Gasteiger partial charge is 0.374 e. The van der Waals surface area contributed by atoms with Gasteiger partial charge in [0.2, 0.25) is 0 Å². The monoisotopic (exact) mass is 509 g/mol. The number of rotatable bonds is 4. The average molecular weight is 509 g/mol. The fraction of sp³-hybridized carbons (Fsp3) is 0.632. The minimum atomic E-state index is -0.416. The number of anilines is 1. The van der Waals surface area contributed by atoms with Gasteiger partial charge in [0.1, 0.15) is 11.6 Å². The summed E-state index contributed by atoms with van der Waals surface area (Å²) in [6.07, 6.45) is 0.111. The normalized spacial score (nSPS) is 21.4. The third-order valence-corrected chi connectivity index (χ3v) is 4.95. The number of benzene rings is 1. The molecule has 6 nitrogen and oxygen atoms in total. The van der Waals surface area contributed by atoms with Crippen molar-refractivity contribution in [3.63, 3.8) is 0 Å². The Morgan fingerprint density at radius 2 is 1.96 bits per heavy atom. The van der Waals surface area contributed by atoms with Crippen LogP contribution in [0, 0.1) is 11.6 Å². The van der Waals surface area contributed by atoms with E-state index in [1.54, 1.807) is 0 Å². The van der Waals surface area contributed by atoms with Gasteiger partial charge in [0, 0.05) is 51.9 Å². The Morgan fingerprint density at radius 3 is 2.64 bits per heavy atom. The van der Waals surface area contributed by atoms with E-state index in [1.165, 1.54) is 12.1 Å². The van der Waals surface area contributed by atoms with Crippen LogP contribution in [0.15, 0.2) is 23.2 Å². The molecule has 28 heavy (non-hydrogen) atoms. The van der Waals surface area contributed by atoms with Gasteiger partial charge in [-0.3, -0.25) is 4.99 Å². The zero-order valence-electron chi connectivity index (χ0n) is 16.5. The molecule has 0 spiro atoms. The molecular weight excluding hydrogens is 479 g/mol. The second kappa shape index (κ2) is 11.1. The van der Waals surface area contributed by atoms with Gasteiger partial charge in [-0.2, -0.15) is 0 Å². The van der Waals surface area contributed by atoms with Gasteiger partial charge in [0.25, 0.3) is 0 Å². The molecule has 0 aromatic heterocycles. The van der Waals surface area contributed by atoms with E-state index in [0.717, 1.165) is 38.3 Å². The SMILES string of the molecule is CCNC(=NCC1CN(C)CCO1)N1CCN(c2cc(F)ccc2F)CC1.I. The molecule has 2 aliphatic heterocycles. The first-order chi connectivity index (χ1) is 13.1. The number of aliphatic imine (C=N–C) groups is 1. The standard InChI is InChI=1S/C19H29F2N5O.HI/c1-3-22-19(23-13-16-14-24(2)10-11-27-16)26-8-6-25(7-9-26)18-12-15(20)4-5-17(18)21;/h4-5,12,16H,3,6-11,13-14H2,1-2H3,(H,22,23);1H. The molecule has 2 fully saturated rings. The molecule has 2 saturated heterocycles. The fourth-order valence-corrected chi connectivity index (χ4v) is 3.48. The highest BCUT2D eigenvalue weighted by atomic mass is 127. The van der Waals surface area contributed by atoms with Crippen LogP contribution in [0.1, 0.15) is 6.92 Å². The lowest BCUT2D eigenvalue weighted by Gasteiger charge is -2.38. The van der Waals surface area contributed by atoms with Crippen molar-refractivity contribution < 1.29 is 13.5 Å². The Morgan fingerprint density at radius 1 is 1.21 bits per heavy atom. The molecular formula is C19H30F2IN5O. The maximum atomic E-state index is 14.0. The number of hydrogen-bond acceptors (Lipinski definition) is 4. The third-order valence-electron chi connectivity index (χ3n) is 4.95. The Hall–Kier alpha value is -1.20. The molecule has 1 N–H and O–H groups in total. The highest BCUT2D eigenvalue weighted by molar-refractivity contribution is 14.0. The van der Waals surface area contributed by atoms with Gasteiger partial charge in [-0.25, -0.2) is 8.78 Å². The van der Waals surface area contributed by atoms with E-state index in [-0.39, 0.29) is 35.9 Å². The zero-order chi connectivity index (χ0) is 19.2. The predicted octanol–water partition coefficient (Wildman–Crippen LogP) is 2.00. The van der Waals surface area contributed by atoms with Gasteiger partial charge in [0.15, 0.2) is 5.96 Å². The second-order valence-electron chi connectivity index (χ2n) is 7.02. The van der Waals surface area contributed by atoms with Gasteiger partial charge in [-0.05, 0) is 26.1 Å². The van der Waals surface area contributed by atoms with E-state index in [9.17, 15) is 8.78 Å². The van der Waals surface area contributed by atoms with Gasteiger partial charge in [-0.1, -0.05) is 0 Å². The molecule has 3 rings (SSSR count). The number of nitrogens with one attached hydrogen (secondary N) is 1. The molecule has 9 heteroatoms. The van der Waals surface area contributed by atoms with Crippen molar-refractivity contribution >= 4 is 35.6 Å². The lowest BCUT2D eigenvalue weighted by atomic mass is 10.2. The number of nitrogens with zero attached hydrogens (tertiary/aromatic N) is 4. The molecule has 0 bridgehead atoms. The summed E-state index contributed by atoms with van der Waals surface area (Å²) in [7, 11) is 2.09. The topological polar surface area (TPSA) is 43.3 Å². The van der Waals surface area contributed by atoms with Crippen LogP contribution in [0.25, 0.3) is 0 Å². The predicted molar refractivity (Wildman–Crippen MR) is 119 cm³/mol. The molecule has 0 amide bonds. The molecule has 158 valence electrons. The van der Waals surface area contributed by atoms with E-state index in [4.69, 9.17) is 9.73 Å². The van der Waals surface area contributed by atoms with Crippen LogP contribution in [-0.4, -0.2) is 87.9 Å². The minimum Gasteiger partial charge on any atom is -0.374 e. The molecule has 1 aromatic carbocycles. The average Bonchev–Trinajstić information content (AvgIpc) is 2.67. The lowest BCUT2D eigenvalue weighted by molar-refractivity contribution is -0.0137. The minimum absolute atomic E-state index is 0. The molecule has 1 aromatic rings. The van der Waals surface area contributed by atoms with Crippen LogP contribution in [0.4, 0.5) is 14.5 Å². The number of guanidine groups is 1. The lowest BCUT2D eigenvalue weighted by Crippen LogP contribution is -2.53. The van der Waals surface area contributed by atoms with E-state index < -0.39 is 5.82 Å². The van der Waals surface area contributed by atoms with E-state index in [2.05, 4.69) is 22.2 Å². The third kappa shape index (κ3) is 6.15. The van der Waals surface area contributed by atoms with Crippen molar-refractivity contribution in [3.05, 3.63) is 29.8 Å². The molecule has 1 atom stereocenters. The maximum Gasteiger partial charge on any atom is 0.194 e. The number of morpholine rings is 1. The summed E-state index contributed by atoms with van der Waals surface area (Å²) in [6, 6.07) is 3.60. The highest BCUT2D eigenvalue weighted by Gasteiger charge is 2.23. The number of hydrogen-bond donors (Lipinski definition) is 1. The number of piperazine rings is 1. The van der Waals surface area contributed by atoms with Crippen molar-refractivity contribution in [2.75, 3.05) is 70.9 Å². The first kappa shape index (κ1) is 23.1. The smallest absolute Gasteiger partial charge is 0.194 e. The number of ether oxygens (including phenoxy) is 1. The maximum absolute atomic E-state index is 14.0. The molecule has 2 aliphatic rings. The van der Waals surface area contributed by atoms with E-state index in [1.807, 2.05) is 11.8 Å². The van der Waals surface area contributed by atoms with Crippen LogP contribution in [-0.2, 0) is 4.74 Å². The van der Waals surface area contributed by atoms with Gasteiger partial charge >= 0.3 is 0 Å². The summed E-state index contributed by atoms with van der Waals surface area (Å²) in [5.74, 6) is 0.0545. The first-order valence-electron chi connectivity index (χ1n) is 9.60. The second-order valence-corrected chi connectivity index (χ2v) is 7.02. The quantitative estimate of drug-likeness (QED) is 0.383. The van der Waals surface area contributed by atoms with Crippen LogP contribution < -0.4 is 10.2 Å². The van der Waals surface area contributed by atoms with Crippen molar-refractivity contribution in [2.24, 2.45) is 4.99 Å². The summed E-state index contributed by atoms with van der Waals surface area (Å²) in [4.78, 5) is 11.1. The van der Waals surface area contributed by atoms with Gasteiger partial charge in [0.05, 0.1) is 24.9 Å². The highest BCUT2D eigenvalue weighted by Crippen LogP contribution is 2.22. The summed E-state index contributed by atoms with van der Waals surface area (Å²) < 4.78 is 33.3. The summed E-state index contributed by atoms with van der Waals surface area (Å²) in [5, 5.41) is 3.33. The van der Waals surface area contributed by atoms with Crippen LogP contribution in [0.2, 0.25) is 0 Å². The summed E-state index contributed by atoms with van der Waals surface area (Å²) in [5.41, 5.74) is 0.329. The Labute approximate surface area is 182 Å². The van der Waals surface area contributed by atoms with Crippen molar-refractivity contribution in [1.29, 1.82) is 0 Å². The van der Waals surface area contributed by atoms with Crippen LogP contribution >= 0.6 is 24.0 Å². The van der Waals surface area contributed by atoms with Crippen LogP contribution in [0.3, 0.4) is 0 Å².